The average molecular weight is 428 g/mol. The second-order valence-corrected chi connectivity index (χ2v) is 7.60. The fourth-order valence-corrected chi connectivity index (χ4v) is 3.32. The molecular formula is C24H33N3O4. The first-order valence-electron chi connectivity index (χ1n) is 10.5. The number of carbonyl (C=O) groups excluding carboxylic acids is 2. The molecule has 168 valence electrons. The topological polar surface area (TPSA) is 79.9 Å². The summed E-state index contributed by atoms with van der Waals surface area (Å²) >= 11 is 0. The molecule has 2 aromatic rings. The third-order valence-corrected chi connectivity index (χ3v) is 4.60. The summed E-state index contributed by atoms with van der Waals surface area (Å²) in [7, 11) is 1.74. The Kier molecular flexibility index (Phi) is 9.34. The molecule has 0 heterocycles. The highest BCUT2D eigenvalue weighted by molar-refractivity contribution is 5.94. The van der Waals surface area contributed by atoms with Crippen LogP contribution in [0.15, 0.2) is 36.4 Å². The lowest BCUT2D eigenvalue weighted by Crippen LogP contribution is -2.40. The Hall–Kier alpha value is -3.06. The first-order valence-corrected chi connectivity index (χ1v) is 10.5. The Morgan fingerprint density at radius 3 is 2.03 bits per heavy atom. The molecule has 0 aromatic heterocycles. The summed E-state index contributed by atoms with van der Waals surface area (Å²) in [5.74, 6) is 1.20. The molecule has 2 amide bonds. The Balaban J connectivity index is 1.68. The Labute approximate surface area is 184 Å². The highest BCUT2D eigenvalue weighted by atomic mass is 16.5. The zero-order valence-electron chi connectivity index (χ0n) is 19.1. The van der Waals surface area contributed by atoms with Gasteiger partial charge < -0.3 is 20.1 Å². The van der Waals surface area contributed by atoms with Gasteiger partial charge in [-0.3, -0.25) is 14.5 Å². The van der Waals surface area contributed by atoms with E-state index in [2.05, 4.69) is 10.6 Å². The van der Waals surface area contributed by atoms with E-state index in [1.54, 1.807) is 11.9 Å². The molecule has 0 atom stereocenters. The molecule has 0 spiro atoms. The molecule has 2 N–H and O–H groups in total. The highest BCUT2D eigenvalue weighted by Crippen LogP contribution is 2.21. The minimum atomic E-state index is -0.159. The van der Waals surface area contributed by atoms with Crippen LogP contribution in [0.4, 0.5) is 5.69 Å². The molecule has 2 rings (SSSR count). The maximum Gasteiger partial charge on any atom is 0.238 e. The number of carbonyl (C=O) groups is 2. The van der Waals surface area contributed by atoms with Gasteiger partial charge in [0.1, 0.15) is 18.1 Å². The van der Waals surface area contributed by atoms with Crippen LogP contribution in [0.2, 0.25) is 0 Å². The van der Waals surface area contributed by atoms with Crippen LogP contribution >= 0.6 is 0 Å². The summed E-state index contributed by atoms with van der Waals surface area (Å²) in [6, 6.07) is 11.4. The number of likely N-dealkylation sites (N-methyl/N-ethyl adjacent to an activating group) is 1. The van der Waals surface area contributed by atoms with Crippen LogP contribution in [0, 0.1) is 20.8 Å². The second kappa shape index (κ2) is 12.0. The Morgan fingerprint density at radius 2 is 1.45 bits per heavy atom. The molecule has 0 saturated heterocycles. The molecule has 0 bridgehead atoms. The number of aryl methyl sites for hydroxylation is 3. The molecular weight excluding hydrogens is 394 g/mol. The number of anilines is 1. The second-order valence-electron chi connectivity index (χ2n) is 7.60. The van der Waals surface area contributed by atoms with Crippen LogP contribution in [0.25, 0.3) is 0 Å². The average Bonchev–Trinajstić information content (AvgIpc) is 2.69. The highest BCUT2D eigenvalue weighted by Gasteiger charge is 2.13. The monoisotopic (exact) mass is 427 g/mol. The van der Waals surface area contributed by atoms with E-state index in [0.717, 1.165) is 28.1 Å². The van der Waals surface area contributed by atoms with Crippen LogP contribution in [-0.2, 0) is 9.59 Å². The summed E-state index contributed by atoms with van der Waals surface area (Å²) in [4.78, 5) is 26.2. The maximum atomic E-state index is 12.4. The number of hydrogen-bond acceptors (Lipinski definition) is 5. The number of amides is 2. The van der Waals surface area contributed by atoms with Gasteiger partial charge in [-0.2, -0.15) is 0 Å². The van der Waals surface area contributed by atoms with Crippen molar-refractivity contribution in [3.63, 3.8) is 0 Å². The van der Waals surface area contributed by atoms with E-state index in [9.17, 15) is 9.59 Å². The van der Waals surface area contributed by atoms with Gasteiger partial charge in [-0.1, -0.05) is 17.7 Å². The molecule has 7 heteroatoms. The predicted molar refractivity (Wildman–Crippen MR) is 123 cm³/mol. The van der Waals surface area contributed by atoms with Crippen LogP contribution in [0.3, 0.4) is 0 Å². The molecule has 31 heavy (non-hydrogen) atoms. The van der Waals surface area contributed by atoms with Gasteiger partial charge >= 0.3 is 0 Å². The fourth-order valence-electron chi connectivity index (χ4n) is 3.32. The minimum Gasteiger partial charge on any atom is -0.494 e. The van der Waals surface area contributed by atoms with Crippen molar-refractivity contribution in [1.29, 1.82) is 0 Å². The van der Waals surface area contributed by atoms with Crippen LogP contribution in [0.5, 0.6) is 11.5 Å². The summed E-state index contributed by atoms with van der Waals surface area (Å²) in [6.07, 6.45) is 0. The third-order valence-electron chi connectivity index (χ3n) is 4.60. The van der Waals surface area contributed by atoms with Crippen molar-refractivity contribution >= 4 is 17.5 Å². The van der Waals surface area contributed by atoms with Gasteiger partial charge in [0.05, 0.1) is 26.2 Å². The predicted octanol–water partition coefficient (Wildman–Crippen LogP) is 3.08. The lowest BCUT2D eigenvalue weighted by molar-refractivity contribution is -0.123. The number of ether oxygens (including phenoxy) is 2. The zero-order valence-corrected chi connectivity index (χ0v) is 19.1. The Morgan fingerprint density at radius 1 is 0.903 bits per heavy atom. The van der Waals surface area contributed by atoms with Crippen molar-refractivity contribution in [1.82, 2.24) is 10.2 Å². The lowest BCUT2D eigenvalue weighted by Gasteiger charge is -2.18. The number of nitrogens with one attached hydrogen (secondary N) is 2. The maximum absolute atomic E-state index is 12.4. The molecule has 0 saturated carbocycles. The van der Waals surface area contributed by atoms with Crippen LogP contribution < -0.4 is 20.1 Å². The van der Waals surface area contributed by atoms with E-state index < -0.39 is 0 Å². The fraction of sp³-hybridized carbons (Fsp3) is 0.417. The van der Waals surface area contributed by atoms with Crippen molar-refractivity contribution < 1.29 is 19.1 Å². The first kappa shape index (κ1) is 24.2. The lowest BCUT2D eigenvalue weighted by atomic mass is 10.1. The smallest absolute Gasteiger partial charge is 0.238 e. The molecule has 0 aliphatic rings. The number of hydrogen-bond donors (Lipinski definition) is 2. The standard InChI is InChI=1S/C24H33N3O4/c1-6-30-20-7-9-21(10-8-20)31-12-11-25-22(28)15-27(5)16-23(29)26-24-18(3)13-17(2)14-19(24)4/h7-10,13-14H,6,11-12,15-16H2,1-5H3,(H,25,28)(H,26,29). The van der Waals surface area contributed by atoms with Gasteiger partial charge in [0, 0.05) is 5.69 Å². The van der Waals surface area contributed by atoms with Crippen molar-refractivity contribution in [2.75, 3.05) is 45.2 Å². The van der Waals surface area contributed by atoms with Crippen molar-refractivity contribution in [3.05, 3.63) is 53.1 Å². The quantitative estimate of drug-likeness (QED) is 0.539. The summed E-state index contributed by atoms with van der Waals surface area (Å²) in [5.41, 5.74) is 4.05. The van der Waals surface area contributed by atoms with Crippen LogP contribution in [-0.4, -0.2) is 56.6 Å². The molecule has 0 unspecified atom stereocenters. The first-order chi connectivity index (χ1) is 14.8. The SMILES string of the molecule is CCOc1ccc(OCCNC(=O)CN(C)CC(=O)Nc2c(C)cc(C)cc2C)cc1. The molecule has 0 fully saturated rings. The summed E-state index contributed by atoms with van der Waals surface area (Å²) < 4.78 is 11.0. The third kappa shape index (κ3) is 8.30. The number of nitrogens with zero attached hydrogens (tertiary/aromatic N) is 1. The van der Waals surface area contributed by atoms with E-state index in [0.29, 0.717) is 25.5 Å². The van der Waals surface area contributed by atoms with E-state index in [-0.39, 0.29) is 24.9 Å². The van der Waals surface area contributed by atoms with Crippen molar-refractivity contribution in [2.24, 2.45) is 0 Å². The van der Waals surface area contributed by atoms with Crippen LogP contribution in [0.1, 0.15) is 23.6 Å². The van der Waals surface area contributed by atoms with Gasteiger partial charge in [-0.25, -0.2) is 0 Å². The molecule has 0 aliphatic carbocycles. The van der Waals surface area contributed by atoms with Gasteiger partial charge in [-0.05, 0) is 70.1 Å². The largest absolute Gasteiger partial charge is 0.494 e. The zero-order chi connectivity index (χ0) is 22.8. The van der Waals surface area contributed by atoms with Gasteiger partial charge in [-0.15, -0.1) is 0 Å². The van der Waals surface area contributed by atoms with E-state index >= 15 is 0 Å². The normalized spacial score (nSPS) is 10.6. The molecule has 2 aromatic carbocycles. The summed E-state index contributed by atoms with van der Waals surface area (Å²) in [5, 5.41) is 5.75. The van der Waals surface area contributed by atoms with E-state index in [4.69, 9.17) is 9.47 Å². The van der Waals surface area contributed by atoms with Gasteiger partial charge in [0.2, 0.25) is 11.8 Å². The number of rotatable bonds is 11. The van der Waals surface area contributed by atoms with Crippen molar-refractivity contribution in [3.8, 4) is 11.5 Å². The van der Waals surface area contributed by atoms with Gasteiger partial charge in [0.25, 0.3) is 0 Å². The molecule has 7 nitrogen and oxygen atoms in total. The molecule has 0 aliphatic heterocycles. The van der Waals surface area contributed by atoms with E-state index in [1.165, 1.54) is 0 Å². The van der Waals surface area contributed by atoms with Gasteiger partial charge in [0.15, 0.2) is 0 Å². The Bertz CT molecular complexity index is 858. The van der Waals surface area contributed by atoms with Crippen molar-refractivity contribution in [2.45, 2.75) is 27.7 Å². The summed E-state index contributed by atoms with van der Waals surface area (Å²) in [6.45, 7) is 9.52. The minimum absolute atomic E-state index is 0.127. The molecule has 0 radical (unpaired) electrons. The number of benzene rings is 2. The van der Waals surface area contributed by atoms with E-state index in [1.807, 2.05) is 64.1 Å².